The lowest BCUT2D eigenvalue weighted by Crippen LogP contribution is -2.43. The fourth-order valence-corrected chi connectivity index (χ4v) is 4.90. The Balaban J connectivity index is 1.60. The van der Waals surface area contributed by atoms with E-state index in [-0.39, 0.29) is 24.3 Å². The summed E-state index contributed by atoms with van der Waals surface area (Å²) in [5.74, 6) is -0.812. The highest BCUT2D eigenvalue weighted by Gasteiger charge is 2.32. The van der Waals surface area contributed by atoms with Gasteiger partial charge in [0.15, 0.2) is 0 Å². The number of carbonyl (C=O) groups is 2. The largest absolute Gasteiger partial charge is 0.466 e. The van der Waals surface area contributed by atoms with E-state index in [0.29, 0.717) is 43.8 Å². The smallest absolute Gasteiger partial charge is 0.416 e. The summed E-state index contributed by atoms with van der Waals surface area (Å²) in [5, 5.41) is 1.92. The van der Waals surface area contributed by atoms with Gasteiger partial charge in [0.05, 0.1) is 28.3 Å². The lowest BCUT2D eigenvalue weighted by Gasteiger charge is -2.31. The first-order valence-electron chi connectivity index (χ1n) is 10.5. The van der Waals surface area contributed by atoms with Gasteiger partial charge in [-0.3, -0.25) is 9.59 Å². The topological polar surface area (TPSA) is 51.5 Å². The predicted octanol–water partition coefficient (Wildman–Crippen LogP) is 5.19. The summed E-state index contributed by atoms with van der Waals surface area (Å²) in [6, 6.07) is 8.71. The molecule has 5 nitrogen and oxygen atoms in total. The molecule has 1 fully saturated rings. The number of amides is 1. The lowest BCUT2D eigenvalue weighted by atomic mass is 9.98. The number of rotatable bonds is 5. The van der Waals surface area contributed by atoms with Crippen LogP contribution >= 0.6 is 11.3 Å². The zero-order chi connectivity index (χ0) is 22.9. The summed E-state index contributed by atoms with van der Waals surface area (Å²) in [6.45, 7) is 3.18. The van der Waals surface area contributed by atoms with Gasteiger partial charge in [0.2, 0.25) is 0 Å². The molecular formula is C23H23F3N2O3S. The average Bonchev–Trinajstić information content (AvgIpc) is 3.36. The molecule has 32 heavy (non-hydrogen) atoms. The molecule has 0 saturated carbocycles. The second-order valence-corrected chi connectivity index (χ2v) is 8.77. The van der Waals surface area contributed by atoms with Crippen molar-refractivity contribution in [2.45, 2.75) is 32.5 Å². The summed E-state index contributed by atoms with van der Waals surface area (Å²) in [4.78, 5) is 27.2. The molecule has 1 aliphatic heterocycles. The Morgan fingerprint density at radius 2 is 1.94 bits per heavy atom. The van der Waals surface area contributed by atoms with Crippen molar-refractivity contribution in [2.24, 2.45) is 5.92 Å². The molecule has 0 aliphatic carbocycles. The van der Waals surface area contributed by atoms with E-state index in [2.05, 4.69) is 0 Å². The van der Waals surface area contributed by atoms with E-state index >= 15 is 0 Å². The molecule has 3 aromatic rings. The van der Waals surface area contributed by atoms with Crippen LogP contribution in [0.1, 0.15) is 41.4 Å². The van der Waals surface area contributed by atoms with Gasteiger partial charge < -0.3 is 14.2 Å². The number of thiophene rings is 1. The third-order valence-corrected chi connectivity index (χ3v) is 6.55. The molecule has 0 N–H and O–H groups in total. The molecular weight excluding hydrogens is 441 g/mol. The number of fused-ring (bicyclic) bond motifs is 1. The number of alkyl halides is 3. The number of benzene rings is 1. The average molecular weight is 465 g/mol. The highest BCUT2D eigenvalue weighted by Crippen LogP contribution is 2.31. The minimum atomic E-state index is -4.39. The molecule has 1 aliphatic rings. The Morgan fingerprint density at radius 3 is 2.62 bits per heavy atom. The third-order valence-electron chi connectivity index (χ3n) is 5.69. The molecule has 1 aromatic carbocycles. The fraction of sp³-hybridized carbons (Fsp3) is 0.391. The highest BCUT2D eigenvalue weighted by molar-refractivity contribution is 7.17. The molecule has 9 heteroatoms. The molecule has 1 saturated heterocycles. The van der Waals surface area contributed by atoms with Crippen LogP contribution in [0.5, 0.6) is 0 Å². The fourth-order valence-electron chi connectivity index (χ4n) is 4.08. The molecule has 4 rings (SSSR count). The SMILES string of the molecule is CCOC(=O)[C@H]1CCCN(C(=O)c2cc3sccc3n2Cc2ccc(C(F)(F)F)cc2)C1. The number of aromatic nitrogens is 1. The van der Waals surface area contributed by atoms with Crippen molar-refractivity contribution in [2.75, 3.05) is 19.7 Å². The Labute approximate surface area is 187 Å². The third kappa shape index (κ3) is 4.53. The summed E-state index contributed by atoms with van der Waals surface area (Å²) in [5.41, 5.74) is 1.29. The molecule has 3 heterocycles. The number of hydrogen-bond acceptors (Lipinski definition) is 4. The van der Waals surface area contributed by atoms with Gasteiger partial charge in [-0.15, -0.1) is 11.3 Å². The van der Waals surface area contributed by atoms with Crippen LogP contribution < -0.4 is 0 Å². The normalized spacial score (nSPS) is 17.0. The summed E-state index contributed by atoms with van der Waals surface area (Å²) in [6.07, 6.45) is -3.00. The second-order valence-electron chi connectivity index (χ2n) is 7.82. The van der Waals surface area contributed by atoms with Crippen molar-refractivity contribution in [3.63, 3.8) is 0 Å². The van der Waals surface area contributed by atoms with E-state index < -0.39 is 11.7 Å². The Morgan fingerprint density at radius 1 is 1.19 bits per heavy atom. The monoisotopic (exact) mass is 464 g/mol. The van der Waals surface area contributed by atoms with Crippen LogP contribution in [0.4, 0.5) is 13.2 Å². The summed E-state index contributed by atoms with van der Waals surface area (Å²) in [7, 11) is 0. The number of carbonyl (C=O) groups excluding carboxylic acids is 2. The minimum absolute atomic E-state index is 0.186. The van der Waals surface area contributed by atoms with Gasteiger partial charge >= 0.3 is 12.1 Å². The maximum absolute atomic E-state index is 13.4. The Kier molecular flexibility index (Phi) is 6.28. The van der Waals surface area contributed by atoms with Crippen LogP contribution in [0.25, 0.3) is 10.2 Å². The first kappa shape index (κ1) is 22.4. The van der Waals surface area contributed by atoms with Crippen molar-refractivity contribution in [1.29, 1.82) is 0 Å². The van der Waals surface area contributed by atoms with Gasteiger partial charge in [0, 0.05) is 19.6 Å². The maximum atomic E-state index is 13.4. The minimum Gasteiger partial charge on any atom is -0.466 e. The highest BCUT2D eigenvalue weighted by atomic mass is 32.1. The molecule has 2 aromatic heterocycles. The van der Waals surface area contributed by atoms with Gasteiger partial charge in [-0.2, -0.15) is 13.2 Å². The van der Waals surface area contributed by atoms with Crippen LogP contribution in [0.2, 0.25) is 0 Å². The Hall–Kier alpha value is -2.81. The number of esters is 1. The summed E-state index contributed by atoms with van der Waals surface area (Å²) >= 11 is 1.50. The van der Waals surface area contributed by atoms with Crippen LogP contribution in [0.15, 0.2) is 41.8 Å². The number of nitrogens with zero attached hydrogens (tertiary/aromatic N) is 2. The van der Waals surface area contributed by atoms with Gasteiger partial charge in [0.1, 0.15) is 5.69 Å². The molecule has 0 unspecified atom stereocenters. The van der Waals surface area contributed by atoms with Gasteiger partial charge in [-0.1, -0.05) is 12.1 Å². The van der Waals surface area contributed by atoms with Crippen LogP contribution in [0, 0.1) is 5.92 Å². The molecule has 0 spiro atoms. The predicted molar refractivity (Wildman–Crippen MR) is 116 cm³/mol. The lowest BCUT2D eigenvalue weighted by molar-refractivity contribution is -0.149. The van der Waals surface area contributed by atoms with Crippen molar-refractivity contribution < 1.29 is 27.5 Å². The zero-order valence-corrected chi connectivity index (χ0v) is 18.3. The number of hydrogen-bond donors (Lipinski definition) is 0. The Bertz CT molecular complexity index is 1120. The zero-order valence-electron chi connectivity index (χ0n) is 17.5. The van der Waals surface area contributed by atoms with Crippen LogP contribution in [-0.4, -0.2) is 41.0 Å². The van der Waals surface area contributed by atoms with E-state index in [0.717, 1.165) is 22.3 Å². The van der Waals surface area contributed by atoms with Gasteiger partial charge in [-0.25, -0.2) is 0 Å². The van der Waals surface area contributed by atoms with Crippen molar-refractivity contribution in [3.8, 4) is 0 Å². The van der Waals surface area contributed by atoms with Crippen molar-refractivity contribution >= 4 is 33.4 Å². The van der Waals surface area contributed by atoms with Crippen LogP contribution in [-0.2, 0) is 22.3 Å². The number of piperidine rings is 1. The van der Waals surface area contributed by atoms with Crippen molar-refractivity contribution in [3.05, 3.63) is 58.6 Å². The first-order chi connectivity index (χ1) is 15.3. The van der Waals surface area contributed by atoms with E-state index in [9.17, 15) is 22.8 Å². The van der Waals surface area contributed by atoms with E-state index in [1.54, 1.807) is 11.8 Å². The second kappa shape index (κ2) is 8.97. The van der Waals surface area contributed by atoms with Crippen LogP contribution in [0.3, 0.4) is 0 Å². The number of halogens is 3. The van der Waals surface area contributed by atoms with E-state index in [1.807, 2.05) is 22.1 Å². The standard InChI is InChI=1S/C23H23F3N2O3S/c1-2-31-22(30)16-4-3-10-27(14-16)21(29)19-12-20-18(9-11-32-20)28(19)13-15-5-7-17(8-6-15)23(24,25)26/h5-9,11-12,16H,2-4,10,13-14H2,1H3/t16-/m0/s1. The molecule has 1 atom stereocenters. The number of ether oxygens (including phenoxy) is 1. The van der Waals surface area contributed by atoms with Gasteiger partial charge in [-0.05, 0) is 55.0 Å². The van der Waals surface area contributed by atoms with Gasteiger partial charge in [0.25, 0.3) is 5.91 Å². The van der Waals surface area contributed by atoms with Crippen molar-refractivity contribution in [1.82, 2.24) is 9.47 Å². The molecule has 0 radical (unpaired) electrons. The summed E-state index contributed by atoms with van der Waals surface area (Å²) < 4.78 is 46.6. The molecule has 1 amide bonds. The van der Waals surface area contributed by atoms with E-state index in [4.69, 9.17) is 4.74 Å². The maximum Gasteiger partial charge on any atom is 0.416 e. The molecule has 0 bridgehead atoms. The first-order valence-corrected chi connectivity index (χ1v) is 11.3. The van der Waals surface area contributed by atoms with E-state index in [1.165, 1.54) is 23.5 Å². The molecule has 170 valence electrons. The quantitative estimate of drug-likeness (QED) is 0.489. The number of likely N-dealkylation sites (tertiary alicyclic amines) is 1.